The minimum atomic E-state index is -4.80. The monoisotopic (exact) mass is 504 g/mol. The second-order valence-electron chi connectivity index (χ2n) is 7.04. The Labute approximate surface area is 199 Å². The number of rotatable bonds is 11. The van der Waals surface area contributed by atoms with E-state index in [1.54, 1.807) is 24.3 Å². The van der Waals surface area contributed by atoms with Crippen molar-refractivity contribution in [2.45, 2.75) is 6.42 Å². The fourth-order valence-electron chi connectivity index (χ4n) is 2.81. The van der Waals surface area contributed by atoms with E-state index in [4.69, 9.17) is 15.2 Å². The van der Waals surface area contributed by atoms with Crippen molar-refractivity contribution in [2.75, 3.05) is 12.0 Å². The van der Waals surface area contributed by atoms with Gasteiger partial charge < -0.3 is 30.7 Å². The molecule has 0 aliphatic carbocycles. The van der Waals surface area contributed by atoms with Crippen LogP contribution in [0.2, 0.25) is 0 Å². The molecule has 1 atom stereocenters. The molecule has 1 aromatic carbocycles. The van der Waals surface area contributed by atoms with E-state index >= 15 is 0 Å². The number of halogens is 2. The van der Waals surface area contributed by atoms with E-state index in [0.717, 1.165) is 17.7 Å². The second-order valence-corrected chi connectivity index (χ2v) is 8.24. The zero-order valence-electron chi connectivity index (χ0n) is 18.1. The van der Waals surface area contributed by atoms with Gasteiger partial charge in [-0.05, 0) is 42.1 Å². The van der Waals surface area contributed by atoms with Crippen molar-refractivity contribution in [1.82, 2.24) is 15.5 Å². The summed E-state index contributed by atoms with van der Waals surface area (Å²) in [5, 5.41) is 9.12. The molecule has 0 bridgehead atoms. The highest BCUT2D eigenvalue weighted by atomic mass is 31.2. The SMILES string of the molecule is C=C(N)/C(=C\C=C/NCOP(=O)([O-])O)c1cc(Cc2ccc(Nc3c(F)cccc3F)nc2)no1. The average molecular weight is 504 g/mol. The third-order valence-electron chi connectivity index (χ3n) is 4.38. The van der Waals surface area contributed by atoms with Gasteiger partial charge in [0.15, 0.2) is 5.76 Å². The molecule has 0 fully saturated rings. The molecule has 0 spiro atoms. The third-order valence-corrected chi connectivity index (χ3v) is 4.84. The van der Waals surface area contributed by atoms with Crippen LogP contribution in [0.1, 0.15) is 17.0 Å². The molecular formula is C22H21F2N5O5P-. The predicted octanol–water partition coefficient (Wildman–Crippen LogP) is 3.08. The molecule has 0 radical (unpaired) electrons. The molecule has 3 aromatic rings. The molecule has 0 aliphatic rings. The summed E-state index contributed by atoms with van der Waals surface area (Å²) in [6.45, 7) is 3.24. The van der Waals surface area contributed by atoms with E-state index in [9.17, 15) is 18.2 Å². The predicted molar refractivity (Wildman–Crippen MR) is 123 cm³/mol. The minimum Gasteiger partial charge on any atom is -0.756 e. The zero-order valence-corrected chi connectivity index (χ0v) is 19.0. The Morgan fingerprint density at radius 2 is 2.06 bits per heavy atom. The van der Waals surface area contributed by atoms with E-state index < -0.39 is 26.2 Å². The van der Waals surface area contributed by atoms with Gasteiger partial charge >= 0.3 is 0 Å². The number of para-hydroxylation sites is 1. The van der Waals surface area contributed by atoms with Crippen molar-refractivity contribution in [1.29, 1.82) is 0 Å². The summed E-state index contributed by atoms with van der Waals surface area (Å²) >= 11 is 0. The normalized spacial score (nSPS) is 13.5. The molecule has 2 heterocycles. The number of nitrogens with zero attached hydrogens (tertiary/aromatic N) is 2. The molecule has 35 heavy (non-hydrogen) atoms. The maximum absolute atomic E-state index is 13.8. The first-order valence-corrected chi connectivity index (χ1v) is 11.5. The smallest absolute Gasteiger partial charge is 0.266 e. The fourth-order valence-corrected chi connectivity index (χ4v) is 3.04. The van der Waals surface area contributed by atoms with Gasteiger partial charge in [0.2, 0.25) is 0 Å². The molecule has 13 heteroatoms. The van der Waals surface area contributed by atoms with Gasteiger partial charge in [0.05, 0.1) is 5.69 Å². The van der Waals surface area contributed by atoms with Gasteiger partial charge in [-0.25, -0.2) is 13.8 Å². The Kier molecular flexibility index (Phi) is 8.50. The van der Waals surface area contributed by atoms with Gasteiger partial charge in [0.1, 0.15) is 29.9 Å². The van der Waals surface area contributed by atoms with Crippen LogP contribution < -0.4 is 21.3 Å². The van der Waals surface area contributed by atoms with Gasteiger partial charge in [0.25, 0.3) is 7.82 Å². The fraction of sp³-hybridized carbons (Fsp3) is 0.0909. The molecule has 0 aliphatic heterocycles. The highest BCUT2D eigenvalue weighted by Crippen LogP contribution is 2.29. The number of benzene rings is 1. The maximum Gasteiger partial charge on any atom is 0.266 e. The van der Waals surface area contributed by atoms with Crippen molar-refractivity contribution < 1.29 is 32.2 Å². The highest BCUT2D eigenvalue weighted by Gasteiger charge is 2.12. The number of nitrogens with one attached hydrogen (secondary N) is 2. The lowest BCUT2D eigenvalue weighted by Crippen LogP contribution is -2.13. The number of pyridine rings is 1. The topological polar surface area (TPSA) is 159 Å². The van der Waals surface area contributed by atoms with Crippen LogP contribution in [0.4, 0.5) is 20.3 Å². The highest BCUT2D eigenvalue weighted by molar-refractivity contribution is 7.44. The van der Waals surface area contributed by atoms with Gasteiger partial charge in [-0.3, -0.25) is 9.09 Å². The quantitative estimate of drug-likeness (QED) is 0.132. The van der Waals surface area contributed by atoms with Crippen LogP contribution in [0.25, 0.3) is 5.57 Å². The van der Waals surface area contributed by atoms with E-state index in [1.807, 2.05) is 0 Å². The van der Waals surface area contributed by atoms with Crippen LogP contribution >= 0.6 is 7.82 Å². The third kappa shape index (κ3) is 7.87. The zero-order chi connectivity index (χ0) is 25.4. The number of phosphoric ester groups is 1. The molecule has 0 saturated carbocycles. The van der Waals surface area contributed by atoms with E-state index in [2.05, 4.69) is 31.9 Å². The Hall–Kier alpha value is -3.83. The summed E-state index contributed by atoms with van der Waals surface area (Å²) in [7, 11) is -4.80. The van der Waals surface area contributed by atoms with Crippen LogP contribution in [0.3, 0.4) is 0 Å². The maximum atomic E-state index is 13.8. The standard InChI is InChI=1S/C22H22F2N5O5P/c1-14(25)17(4-3-9-26-13-33-35(30,31)32)20-11-16(29-34-20)10-15-7-8-21(27-12-15)28-22-18(23)5-2-6-19(22)24/h2-9,11-12,26H,1,10,13,25H2,(H,27,28)(H2,30,31,32)/p-1/b9-3-,17-4+. The van der Waals surface area contributed by atoms with Crippen LogP contribution in [-0.4, -0.2) is 21.8 Å². The summed E-state index contributed by atoms with van der Waals surface area (Å²) in [5.74, 6) is -0.845. The van der Waals surface area contributed by atoms with Crippen molar-refractivity contribution >= 4 is 24.9 Å². The van der Waals surface area contributed by atoms with E-state index in [1.165, 1.54) is 24.5 Å². The first kappa shape index (κ1) is 25.8. The summed E-state index contributed by atoms with van der Waals surface area (Å²) in [5.41, 5.74) is 7.50. The average Bonchev–Trinajstić information content (AvgIpc) is 3.24. The minimum absolute atomic E-state index is 0.200. The van der Waals surface area contributed by atoms with Crippen LogP contribution in [-0.2, 0) is 15.5 Å². The number of nitrogens with two attached hydrogens (primary N) is 1. The number of phosphoric acid groups is 1. The number of allylic oxidation sites excluding steroid dienone is 3. The lowest BCUT2D eigenvalue weighted by molar-refractivity contribution is -0.220. The van der Waals surface area contributed by atoms with E-state index in [0.29, 0.717) is 23.4 Å². The van der Waals surface area contributed by atoms with Crippen LogP contribution in [0.5, 0.6) is 0 Å². The second kappa shape index (κ2) is 11.5. The summed E-state index contributed by atoms with van der Waals surface area (Å²) in [6.07, 6.45) is 6.32. The molecule has 1 unspecified atom stereocenters. The first-order valence-electron chi connectivity index (χ1n) is 9.97. The molecule has 0 amide bonds. The van der Waals surface area contributed by atoms with Crippen molar-refractivity contribution in [3.63, 3.8) is 0 Å². The summed E-state index contributed by atoms with van der Waals surface area (Å²) < 4.78 is 47.6. The van der Waals surface area contributed by atoms with Crippen LogP contribution in [0, 0.1) is 11.6 Å². The molecule has 0 saturated heterocycles. The molecule has 2 aromatic heterocycles. The first-order chi connectivity index (χ1) is 16.6. The molecular weight excluding hydrogens is 483 g/mol. The Morgan fingerprint density at radius 1 is 1.31 bits per heavy atom. The molecule has 184 valence electrons. The lowest BCUT2D eigenvalue weighted by Gasteiger charge is -2.14. The van der Waals surface area contributed by atoms with E-state index in [-0.39, 0.29) is 17.2 Å². The number of anilines is 2. The Morgan fingerprint density at radius 3 is 2.69 bits per heavy atom. The summed E-state index contributed by atoms with van der Waals surface area (Å²) in [6, 6.07) is 8.53. The van der Waals surface area contributed by atoms with Gasteiger partial charge in [0, 0.05) is 30.0 Å². The summed E-state index contributed by atoms with van der Waals surface area (Å²) in [4.78, 5) is 23.2. The Bertz CT molecular complexity index is 1270. The number of hydrogen-bond acceptors (Lipinski definition) is 9. The van der Waals surface area contributed by atoms with Crippen LogP contribution in [0.15, 0.2) is 77.7 Å². The molecule has 5 N–H and O–H groups in total. The molecule has 3 rings (SSSR count). The van der Waals surface area contributed by atoms with Gasteiger partial charge in [-0.1, -0.05) is 23.9 Å². The lowest BCUT2D eigenvalue weighted by atomic mass is 10.1. The van der Waals surface area contributed by atoms with Crippen molar-refractivity contribution in [2.24, 2.45) is 5.73 Å². The largest absolute Gasteiger partial charge is 0.756 e. The van der Waals surface area contributed by atoms with Gasteiger partial charge in [-0.15, -0.1) is 0 Å². The number of hydrogen-bond donors (Lipinski definition) is 4. The molecule has 10 nitrogen and oxygen atoms in total. The van der Waals surface area contributed by atoms with Crippen molar-refractivity contribution in [3.8, 4) is 0 Å². The van der Waals surface area contributed by atoms with Gasteiger partial charge in [-0.2, -0.15) is 0 Å². The Balaban J connectivity index is 1.63. The van der Waals surface area contributed by atoms with Crippen molar-refractivity contribution in [3.05, 3.63) is 102 Å². The number of aromatic nitrogens is 2.